The molecule has 4 aromatic rings. The molecule has 0 bridgehead atoms. The first-order valence-electron chi connectivity index (χ1n) is 11.5. The van der Waals surface area contributed by atoms with Crippen molar-refractivity contribution in [1.29, 1.82) is 0 Å². The van der Waals surface area contributed by atoms with Crippen LogP contribution in [-0.4, -0.2) is 36.8 Å². The van der Waals surface area contributed by atoms with E-state index in [0.717, 1.165) is 17.3 Å². The van der Waals surface area contributed by atoms with Crippen molar-refractivity contribution in [2.45, 2.75) is 51.6 Å². The lowest BCUT2D eigenvalue weighted by atomic mass is 10.0. The van der Waals surface area contributed by atoms with Crippen LogP contribution < -0.4 is 5.32 Å². The van der Waals surface area contributed by atoms with E-state index < -0.39 is 35.5 Å². The van der Waals surface area contributed by atoms with Gasteiger partial charge in [-0.15, -0.1) is 11.3 Å². The predicted molar refractivity (Wildman–Crippen MR) is 126 cm³/mol. The first-order chi connectivity index (χ1) is 17.8. The van der Waals surface area contributed by atoms with E-state index in [1.807, 2.05) is 6.92 Å². The molecule has 0 spiro atoms. The zero-order valence-electron chi connectivity index (χ0n) is 20.0. The second-order valence-corrected chi connectivity index (χ2v) is 10.6. The van der Waals surface area contributed by atoms with Crippen molar-refractivity contribution in [2.75, 3.05) is 0 Å². The molecule has 1 saturated carbocycles. The second-order valence-electron chi connectivity index (χ2n) is 9.35. The monoisotopic (exact) mass is 554 g/mol. The molecule has 0 unspecified atom stereocenters. The zero-order valence-corrected chi connectivity index (χ0v) is 20.8. The van der Waals surface area contributed by atoms with Crippen molar-refractivity contribution in [3.63, 3.8) is 0 Å². The number of nitrogens with one attached hydrogen (secondary N) is 1. The Balaban J connectivity index is 1.49. The van der Waals surface area contributed by atoms with E-state index in [-0.39, 0.29) is 30.5 Å². The van der Waals surface area contributed by atoms with Crippen LogP contribution in [0.25, 0.3) is 21.5 Å². The summed E-state index contributed by atoms with van der Waals surface area (Å²) in [6.07, 6.45) is -3.99. The van der Waals surface area contributed by atoms with E-state index in [9.17, 15) is 31.1 Å². The fourth-order valence-electron chi connectivity index (χ4n) is 4.13. The molecule has 200 valence electrons. The molecule has 1 aromatic carbocycles. The number of hydrogen-bond acceptors (Lipinski definition) is 6. The lowest BCUT2D eigenvalue weighted by Crippen LogP contribution is -2.29. The molecule has 1 atom stereocenters. The molecule has 3 heterocycles. The number of benzene rings is 1. The van der Waals surface area contributed by atoms with E-state index in [1.54, 1.807) is 19.2 Å². The maximum absolute atomic E-state index is 13.7. The summed E-state index contributed by atoms with van der Waals surface area (Å²) in [4.78, 5) is 25.1. The molecule has 38 heavy (non-hydrogen) atoms. The number of hydrogen-bond donors (Lipinski definition) is 1. The lowest BCUT2D eigenvalue weighted by Gasteiger charge is -2.20. The van der Waals surface area contributed by atoms with Crippen molar-refractivity contribution >= 4 is 28.1 Å². The van der Waals surface area contributed by atoms with Gasteiger partial charge in [0.2, 0.25) is 5.82 Å². The van der Waals surface area contributed by atoms with Gasteiger partial charge in [-0.2, -0.15) is 31.4 Å². The largest absolute Gasteiger partial charge is 0.451 e. The molecule has 1 aliphatic rings. The minimum absolute atomic E-state index is 0.00325. The molecule has 5 rings (SSSR count). The van der Waals surface area contributed by atoms with E-state index in [4.69, 9.17) is 0 Å². The summed E-state index contributed by atoms with van der Waals surface area (Å²) in [5.41, 5.74) is -0.576. The molecule has 7 nitrogen and oxygen atoms in total. The van der Waals surface area contributed by atoms with Crippen LogP contribution in [-0.2, 0) is 12.7 Å². The van der Waals surface area contributed by atoms with Crippen molar-refractivity contribution in [2.24, 2.45) is 5.41 Å². The highest BCUT2D eigenvalue weighted by atomic mass is 32.1. The Hall–Kier alpha value is -3.55. The Bertz CT molecular complexity index is 1500. The third-order valence-corrected chi connectivity index (χ3v) is 7.50. The number of fused-ring (bicyclic) bond motifs is 1. The number of rotatable bonds is 6. The van der Waals surface area contributed by atoms with Crippen LogP contribution in [0.4, 0.5) is 26.3 Å². The zero-order chi connectivity index (χ0) is 27.5. The summed E-state index contributed by atoms with van der Waals surface area (Å²) >= 11 is 1.36. The van der Waals surface area contributed by atoms with Gasteiger partial charge in [0, 0.05) is 45.5 Å². The quantitative estimate of drug-likeness (QED) is 0.291. The van der Waals surface area contributed by atoms with Crippen LogP contribution >= 0.6 is 11.3 Å². The molecule has 0 radical (unpaired) electrons. The van der Waals surface area contributed by atoms with Gasteiger partial charge in [-0.25, -0.2) is 15.0 Å². The molecule has 14 heteroatoms. The van der Waals surface area contributed by atoms with Crippen LogP contribution in [0.15, 0.2) is 36.9 Å². The van der Waals surface area contributed by atoms with Crippen LogP contribution in [0.3, 0.4) is 0 Å². The van der Waals surface area contributed by atoms with Crippen molar-refractivity contribution in [3.8, 4) is 10.6 Å². The molecule has 0 saturated heterocycles. The van der Waals surface area contributed by atoms with Crippen LogP contribution in [0.2, 0.25) is 0 Å². The highest BCUT2D eigenvalue weighted by Crippen LogP contribution is 2.58. The molecule has 1 fully saturated rings. The molecular formula is C24H20F6N6OS. The molecule has 1 amide bonds. The number of halogens is 6. The molecule has 3 aromatic heterocycles. The summed E-state index contributed by atoms with van der Waals surface area (Å²) in [7, 11) is 0. The van der Waals surface area contributed by atoms with Crippen LogP contribution in [0.1, 0.15) is 52.4 Å². The SMILES string of the molecule is Cc1cnc(-c2cc(C(=O)N[C@H](C)c3cnc(C(F)(F)F)nc3)cc3c2cnn3CC2(C(F)(F)F)CC2)s1. The number of amides is 1. The number of carbonyl (C=O) groups excluding carboxylic acids is 1. The summed E-state index contributed by atoms with van der Waals surface area (Å²) in [6, 6.07) is 2.29. The van der Waals surface area contributed by atoms with Crippen LogP contribution in [0, 0.1) is 12.3 Å². The topological polar surface area (TPSA) is 85.6 Å². The third kappa shape index (κ3) is 4.84. The standard InChI is InChI=1S/C24H20F6N6OS/c1-12-7-31-20(38-12)16-5-14(19(37)35-13(2)15-8-32-21(33-9-15)23(25,26)27)6-18-17(16)10-34-36(18)11-22(3-4-22)24(28,29)30/h5-10,13H,3-4,11H2,1-2H3,(H,35,37)/t13-/m1/s1. The fraction of sp³-hybridized carbons (Fsp3) is 0.375. The van der Waals surface area contributed by atoms with E-state index >= 15 is 0 Å². The number of thiazole rings is 1. The normalized spacial score (nSPS) is 16.0. The van der Waals surface area contributed by atoms with Gasteiger partial charge >= 0.3 is 12.4 Å². The summed E-state index contributed by atoms with van der Waals surface area (Å²) in [5.74, 6) is -1.88. The number of aryl methyl sites for hydroxylation is 1. The van der Waals surface area contributed by atoms with Crippen molar-refractivity contribution < 1.29 is 31.1 Å². The van der Waals surface area contributed by atoms with Gasteiger partial charge in [0.1, 0.15) is 5.01 Å². The smallest absolute Gasteiger partial charge is 0.345 e. The Kier molecular flexibility index (Phi) is 6.20. The molecule has 1 aliphatic carbocycles. The van der Waals surface area contributed by atoms with Crippen LogP contribution in [0.5, 0.6) is 0 Å². The summed E-state index contributed by atoms with van der Waals surface area (Å²) < 4.78 is 80.5. The average molecular weight is 555 g/mol. The number of nitrogens with zero attached hydrogens (tertiary/aromatic N) is 5. The van der Waals surface area contributed by atoms with E-state index in [0.29, 0.717) is 21.5 Å². The number of alkyl halides is 6. The third-order valence-electron chi connectivity index (χ3n) is 6.56. The highest BCUT2D eigenvalue weighted by Gasteiger charge is 2.63. The van der Waals surface area contributed by atoms with E-state index in [2.05, 4.69) is 25.4 Å². The maximum Gasteiger partial charge on any atom is 0.451 e. The van der Waals surface area contributed by atoms with Gasteiger partial charge < -0.3 is 5.32 Å². The van der Waals surface area contributed by atoms with Crippen molar-refractivity contribution in [1.82, 2.24) is 30.0 Å². The minimum Gasteiger partial charge on any atom is -0.345 e. The maximum atomic E-state index is 13.7. The first-order valence-corrected chi connectivity index (χ1v) is 12.3. The van der Waals surface area contributed by atoms with Gasteiger partial charge in [-0.3, -0.25) is 9.48 Å². The van der Waals surface area contributed by atoms with Gasteiger partial charge in [0.15, 0.2) is 0 Å². The first kappa shape index (κ1) is 26.1. The number of aromatic nitrogens is 5. The van der Waals surface area contributed by atoms with Gasteiger partial charge in [-0.1, -0.05) is 0 Å². The fourth-order valence-corrected chi connectivity index (χ4v) is 4.92. The summed E-state index contributed by atoms with van der Waals surface area (Å²) in [6.45, 7) is 3.03. The Morgan fingerprint density at radius 2 is 1.76 bits per heavy atom. The number of carbonyl (C=O) groups is 1. The minimum atomic E-state index is -4.70. The average Bonchev–Trinajstić information content (AvgIpc) is 3.36. The Morgan fingerprint density at radius 3 is 2.32 bits per heavy atom. The molecule has 1 N–H and O–H groups in total. The molecule has 0 aliphatic heterocycles. The predicted octanol–water partition coefficient (Wildman–Crippen LogP) is 6.11. The lowest BCUT2D eigenvalue weighted by molar-refractivity contribution is -0.191. The summed E-state index contributed by atoms with van der Waals surface area (Å²) in [5, 5.41) is 8.03. The Morgan fingerprint density at radius 1 is 1.08 bits per heavy atom. The van der Waals surface area contributed by atoms with Gasteiger partial charge in [0.25, 0.3) is 5.91 Å². The highest BCUT2D eigenvalue weighted by molar-refractivity contribution is 7.15. The van der Waals surface area contributed by atoms with E-state index in [1.165, 1.54) is 28.3 Å². The second kappa shape index (κ2) is 9.03. The van der Waals surface area contributed by atoms with Gasteiger partial charge in [0.05, 0.1) is 29.7 Å². The Labute approximate surface area is 215 Å². The molecular weight excluding hydrogens is 534 g/mol. The van der Waals surface area contributed by atoms with Gasteiger partial charge in [-0.05, 0) is 38.8 Å². The van der Waals surface area contributed by atoms with Crippen molar-refractivity contribution in [3.05, 3.63) is 58.7 Å².